The Morgan fingerprint density at radius 3 is 2.05 bits per heavy atom. The summed E-state index contributed by atoms with van der Waals surface area (Å²) < 4.78 is 15.4. The molecule has 2 aliphatic heterocycles. The molecule has 0 spiro atoms. The maximum absolute atomic E-state index is 9.90. The van der Waals surface area contributed by atoms with Gasteiger partial charge in [0.1, 0.15) is 55.4 Å². The minimum atomic E-state index is -1.66. The van der Waals surface area contributed by atoms with Crippen molar-refractivity contribution >= 4 is 0 Å². The summed E-state index contributed by atoms with van der Waals surface area (Å²) in [6.45, 7) is -0.227. The number of ether oxygens (including phenoxy) is 3. The van der Waals surface area contributed by atoms with Crippen molar-refractivity contribution in [2.45, 2.75) is 55.1 Å². The molecule has 2 fully saturated rings. The minimum Gasteiger partial charge on any atom is -0.394 e. The first-order chi connectivity index (χ1) is 10.4. The van der Waals surface area contributed by atoms with E-state index in [0.29, 0.717) is 0 Å². The van der Waals surface area contributed by atoms with Crippen LogP contribution in [0.1, 0.15) is 0 Å². The molecule has 129 valence electrons. The van der Waals surface area contributed by atoms with Gasteiger partial charge < -0.3 is 50.0 Å². The Balaban J connectivity index is 2.09. The third-order valence-corrected chi connectivity index (χ3v) is 3.77. The molecule has 0 aromatic heterocycles. The van der Waals surface area contributed by atoms with Crippen molar-refractivity contribution in [3.8, 4) is 0 Å². The molecule has 0 aliphatic carbocycles. The number of rotatable bonds is 4. The van der Waals surface area contributed by atoms with Gasteiger partial charge >= 0.3 is 0 Å². The zero-order valence-electron chi connectivity index (χ0n) is 11.5. The van der Waals surface area contributed by atoms with E-state index in [0.717, 1.165) is 6.61 Å². The average molecular weight is 325 g/mol. The van der Waals surface area contributed by atoms with E-state index in [1.165, 1.54) is 0 Å². The van der Waals surface area contributed by atoms with Crippen LogP contribution < -0.4 is 0 Å². The Kier molecular flexibility index (Phi) is 6.07. The highest BCUT2D eigenvalue weighted by Gasteiger charge is 2.48. The molecule has 2 saturated heterocycles. The Bertz CT molecular complexity index is 351. The molecule has 2 heterocycles. The van der Waals surface area contributed by atoms with Crippen molar-refractivity contribution in [1.29, 1.82) is 0 Å². The van der Waals surface area contributed by atoms with Crippen molar-refractivity contribution < 1.29 is 50.0 Å². The third kappa shape index (κ3) is 3.41. The van der Waals surface area contributed by atoms with Crippen molar-refractivity contribution in [3.05, 3.63) is 6.61 Å². The van der Waals surface area contributed by atoms with E-state index in [2.05, 4.69) is 0 Å². The lowest BCUT2D eigenvalue weighted by Gasteiger charge is -2.44. The van der Waals surface area contributed by atoms with Crippen LogP contribution in [0.15, 0.2) is 0 Å². The number of hydrogen-bond acceptors (Lipinski definition) is 10. The van der Waals surface area contributed by atoms with Crippen LogP contribution in [0.2, 0.25) is 0 Å². The topological polar surface area (TPSA) is 169 Å². The van der Waals surface area contributed by atoms with Crippen LogP contribution in [-0.2, 0) is 14.2 Å². The molecule has 7 N–H and O–H groups in total. The van der Waals surface area contributed by atoms with Crippen LogP contribution in [0.3, 0.4) is 0 Å². The molecule has 2 rings (SSSR count). The highest BCUT2D eigenvalue weighted by atomic mass is 16.7. The second kappa shape index (κ2) is 7.45. The van der Waals surface area contributed by atoms with Crippen LogP contribution in [0.5, 0.6) is 0 Å². The fourth-order valence-electron chi connectivity index (χ4n) is 2.40. The first kappa shape index (κ1) is 17.9. The standard InChI is InChI=1S/C12H21O10/c13-1-5-8(17)9(18)10(19)12(21-5)22-11-6(2-14)20-3-4(15)7(11)16/h3-19H,1-2H2/t4-,5+,6+,7+,8+,9-,10+,11+,12?/m0/s1. The van der Waals surface area contributed by atoms with Gasteiger partial charge in [0.05, 0.1) is 13.2 Å². The molecule has 0 amide bonds. The molecule has 0 aromatic carbocycles. The summed E-state index contributed by atoms with van der Waals surface area (Å²) in [5.74, 6) is 0. The molecule has 1 unspecified atom stereocenters. The van der Waals surface area contributed by atoms with Gasteiger partial charge in [-0.25, -0.2) is 0 Å². The first-order valence-electron chi connectivity index (χ1n) is 6.82. The van der Waals surface area contributed by atoms with Gasteiger partial charge in [-0.2, -0.15) is 0 Å². The Labute approximate surface area is 126 Å². The summed E-state index contributed by atoms with van der Waals surface area (Å²) in [5, 5.41) is 66.9. The maximum Gasteiger partial charge on any atom is 0.187 e. The van der Waals surface area contributed by atoms with Crippen LogP contribution >= 0.6 is 0 Å². The zero-order valence-corrected chi connectivity index (χ0v) is 11.5. The van der Waals surface area contributed by atoms with Crippen molar-refractivity contribution in [2.24, 2.45) is 0 Å². The van der Waals surface area contributed by atoms with E-state index in [1.54, 1.807) is 0 Å². The predicted octanol–water partition coefficient (Wildman–Crippen LogP) is -4.55. The molecule has 1 radical (unpaired) electrons. The van der Waals surface area contributed by atoms with Crippen molar-refractivity contribution in [1.82, 2.24) is 0 Å². The highest BCUT2D eigenvalue weighted by Crippen LogP contribution is 2.27. The summed E-state index contributed by atoms with van der Waals surface area (Å²) in [4.78, 5) is 0. The SMILES string of the molecule is OC[C@H]1OC(O[C@H]2[C@H](O)[C@@H](O)[CH]O[C@@H]2CO)[C@H](O)[C@@H](O)[C@@H]1O. The molecule has 0 aromatic rings. The summed E-state index contributed by atoms with van der Waals surface area (Å²) >= 11 is 0. The van der Waals surface area contributed by atoms with Gasteiger partial charge in [-0.05, 0) is 0 Å². The predicted molar refractivity (Wildman–Crippen MR) is 66.9 cm³/mol. The van der Waals surface area contributed by atoms with Gasteiger partial charge in [0.2, 0.25) is 0 Å². The zero-order chi connectivity index (χ0) is 16.4. The lowest BCUT2D eigenvalue weighted by molar-refractivity contribution is -0.333. The number of hydrogen-bond donors (Lipinski definition) is 7. The van der Waals surface area contributed by atoms with E-state index < -0.39 is 68.3 Å². The summed E-state index contributed by atoms with van der Waals surface area (Å²) in [6, 6.07) is 0. The van der Waals surface area contributed by atoms with Crippen molar-refractivity contribution in [3.63, 3.8) is 0 Å². The van der Waals surface area contributed by atoms with Crippen LogP contribution in [0.25, 0.3) is 0 Å². The largest absolute Gasteiger partial charge is 0.394 e. The van der Waals surface area contributed by atoms with E-state index in [1.807, 2.05) is 0 Å². The molecule has 2 aliphatic rings. The molecule has 10 nitrogen and oxygen atoms in total. The van der Waals surface area contributed by atoms with Gasteiger partial charge in [-0.15, -0.1) is 0 Å². The summed E-state index contributed by atoms with van der Waals surface area (Å²) in [7, 11) is 0. The van der Waals surface area contributed by atoms with Crippen LogP contribution in [0.4, 0.5) is 0 Å². The van der Waals surface area contributed by atoms with E-state index in [9.17, 15) is 30.6 Å². The first-order valence-corrected chi connectivity index (χ1v) is 6.82. The Morgan fingerprint density at radius 1 is 0.818 bits per heavy atom. The number of aliphatic hydroxyl groups is 7. The second-order valence-electron chi connectivity index (χ2n) is 5.27. The molecule has 0 bridgehead atoms. The Morgan fingerprint density at radius 2 is 1.45 bits per heavy atom. The van der Waals surface area contributed by atoms with Crippen LogP contribution in [-0.4, -0.2) is 104 Å². The van der Waals surface area contributed by atoms with Gasteiger partial charge in [-0.1, -0.05) is 0 Å². The average Bonchev–Trinajstić information content (AvgIpc) is 2.52. The molecular weight excluding hydrogens is 304 g/mol. The van der Waals surface area contributed by atoms with Crippen LogP contribution in [0, 0.1) is 6.61 Å². The van der Waals surface area contributed by atoms with Gasteiger partial charge in [0, 0.05) is 0 Å². The fourth-order valence-corrected chi connectivity index (χ4v) is 2.40. The van der Waals surface area contributed by atoms with Gasteiger partial charge in [0.25, 0.3) is 0 Å². The van der Waals surface area contributed by atoms with E-state index in [4.69, 9.17) is 19.3 Å². The Hall–Kier alpha value is -0.400. The third-order valence-electron chi connectivity index (χ3n) is 3.77. The lowest BCUT2D eigenvalue weighted by atomic mass is 9.97. The van der Waals surface area contributed by atoms with E-state index in [-0.39, 0.29) is 0 Å². The number of aliphatic hydroxyl groups excluding tert-OH is 7. The van der Waals surface area contributed by atoms with Gasteiger partial charge in [0.15, 0.2) is 6.29 Å². The normalized spacial score (nSPS) is 50.0. The van der Waals surface area contributed by atoms with E-state index >= 15 is 0 Å². The molecule has 22 heavy (non-hydrogen) atoms. The second-order valence-corrected chi connectivity index (χ2v) is 5.27. The lowest BCUT2D eigenvalue weighted by Crippen LogP contribution is -2.62. The smallest absolute Gasteiger partial charge is 0.187 e. The van der Waals surface area contributed by atoms with Crippen molar-refractivity contribution in [2.75, 3.05) is 13.2 Å². The monoisotopic (exact) mass is 325 g/mol. The molecule has 10 heteroatoms. The molecule has 0 saturated carbocycles. The fraction of sp³-hybridized carbons (Fsp3) is 0.917. The minimum absolute atomic E-state index is 0.539. The summed E-state index contributed by atoms with van der Waals surface area (Å²) in [5.41, 5.74) is 0. The maximum atomic E-state index is 9.90. The highest BCUT2D eigenvalue weighted by molar-refractivity contribution is 4.95. The molecular formula is C12H21O10. The summed E-state index contributed by atoms with van der Waals surface area (Å²) in [6.07, 6.45) is -12.6. The molecule has 9 atom stereocenters. The van der Waals surface area contributed by atoms with Gasteiger partial charge in [-0.3, -0.25) is 0 Å². The quantitative estimate of drug-likeness (QED) is 0.267.